The smallest absolute Gasteiger partial charge is 0.337 e. The monoisotopic (exact) mass is 297 g/mol. The Morgan fingerprint density at radius 1 is 0.909 bits per heavy atom. The van der Waals surface area contributed by atoms with Crippen LogP contribution in [-0.2, 0) is 9.47 Å². The highest BCUT2D eigenvalue weighted by Gasteiger charge is 2.05. The maximum Gasteiger partial charge on any atom is 0.337 e. The lowest BCUT2D eigenvalue weighted by atomic mass is 10.1. The van der Waals surface area contributed by atoms with E-state index in [1.165, 1.54) is 14.2 Å². The van der Waals surface area contributed by atoms with E-state index in [2.05, 4.69) is 14.5 Å². The van der Waals surface area contributed by atoms with E-state index in [1.54, 1.807) is 54.7 Å². The molecule has 2 aromatic rings. The van der Waals surface area contributed by atoms with Crippen LogP contribution in [-0.4, -0.2) is 32.4 Å². The Morgan fingerprint density at radius 3 is 2.18 bits per heavy atom. The van der Waals surface area contributed by atoms with Crippen LogP contribution in [0.3, 0.4) is 0 Å². The second kappa shape index (κ2) is 7.17. The van der Waals surface area contributed by atoms with E-state index in [1.807, 2.05) is 0 Å². The summed E-state index contributed by atoms with van der Waals surface area (Å²) >= 11 is 0. The van der Waals surface area contributed by atoms with Crippen molar-refractivity contribution in [3.8, 4) is 0 Å². The number of benzene rings is 2. The predicted octanol–water partition coefficient (Wildman–Crippen LogP) is 3.01. The van der Waals surface area contributed by atoms with Gasteiger partial charge in [0, 0.05) is 6.21 Å². The molecule has 2 aromatic carbocycles. The minimum Gasteiger partial charge on any atom is -0.465 e. The highest BCUT2D eigenvalue weighted by molar-refractivity contribution is 5.92. The van der Waals surface area contributed by atoms with E-state index >= 15 is 0 Å². The molecule has 0 aliphatic carbocycles. The van der Waals surface area contributed by atoms with Crippen molar-refractivity contribution in [1.82, 2.24) is 0 Å². The lowest BCUT2D eigenvalue weighted by Gasteiger charge is -2.01. The average Bonchev–Trinajstić information content (AvgIpc) is 2.59. The van der Waals surface area contributed by atoms with Crippen molar-refractivity contribution in [2.24, 2.45) is 4.99 Å². The molecule has 5 heteroatoms. The zero-order chi connectivity index (χ0) is 15.9. The molecule has 0 bridgehead atoms. The molecule has 0 fully saturated rings. The second-order valence-electron chi connectivity index (χ2n) is 4.41. The third-order valence-corrected chi connectivity index (χ3v) is 2.96. The van der Waals surface area contributed by atoms with Gasteiger partial charge >= 0.3 is 11.9 Å². The number of carbonyl (C=O) groups excluding carboxylic acids is 2. The Bertz CT molecular complexity index is 705. The Balaban J connectivity index is 2.15. The third kappa shape index (κ3) is 3.79. The summed E-state index contributed by atoms with van der Waals surface area (Å²) in [6, 6.07) is 13.7. The summed E-state index contributed by atoms with van der Waals surface area (Å²) in [5.41, 5.74) is 2.39. The molecular weight excluding hydrogens is 282 g/mol. The van der Waals surface area contributed by atoms with Crippen molar-refractivity contribution in [1.29, 1.82) is 0 Å². The van der Waals surface area contributed by atoms with E-state index in [0.717, 1.165) is 5.56 Å². The summed E-state index contributed by atoms with van der Waals surface area (Å²) in [5.74, 6) is -0.784. The fourth-order valence-corrected chi connectivity index (χ4v) is 1.80. The minimum atomic E-state index is -0.403. The molecule has 0 radical (unpaired) electrons. The molecule has 112 valence electrons. The number of ether oxygens (including phenoxy) is 2. The van der Waals surface area contributed by atoms with Crippen LogP contribution < -0.4 is 0 Å². The van der Waals surface area contributed by atoms with E-state index < -0.39 is 5.97 Å². The van der Waals surface area contributed by atoms with Crippen molar-refractivity contribution in [2.45, 2.75) is 0 Å². The van der Waals surface area contributed by atoms with Crippen LogP contribution in [0.1, 0.15) is 26.3 Å². The van der Waals surface area contributed by atoms with Gasteiger partial charge in [-0.05, 0) is 35.9 Å². The van der Waals surface area contributed by atoms with Crippen LogP contribution in [0.5, 0.6) is 0 Å². The SMILES string of the molecule is COC(=O)c1ccc(C=Nc2cccc(C(=O)OC)c2)cc1. The fourth-order valence-electron chi connectivity index (χ4n) is 1.80. The second-order valence-corrected chi connectivity index (χ2v) is 4.41. The van der Waals surface area contributed by atoms with Gasteiger partial charge in [0.15, 0.2) is 0 Å². The quantitative estimate of drug-likeness (QED) is 0.642. The van der Waals surface area contributed by atoms with Crippen LogP contribution >= 0.6 is 0 Å². The molecule has 5 nitrogen and oxygen atoms in total. The number of rotatable bonds is 4. The van der Waals surface area contributed by atoms with Gasteiger partial charge in [-0.1, -0.05) is 18.2 Å². The maximum atomic E-state index is 11.5. The van der Waals surface area contributed by atoms with Gasteiger partial charge in [0.05, 0.1) is 31.0 Å². The number of hydrogen-bond acceptors (Lipinski definition) is 5. The Hall–Kier alpha value is -2.95. The number of esters is 2. The number of aliphatic imine (C=N–C) groups is 1. The number of nitrogens with zero attached hydrogens (tertiary/aromatic N) is 1. The molecule has 0 aliphatic heterocycles. The van der Waals surface area contributed by atoms with Crippen molar-refractivity contribution >= 4 is 23.8 Å². The number of methoxy groups -OCH3 is 2. The standard InChI is InChI=1S/C17H15NO4/c1-21-16(19)13-8-6-12(7-9-13)11-18-15-5-3-4-14(10-15)17(20)22-2/h3-11H,1-2H3. The Kier molecular flexibility index (Phi) is 5.03. The zero-order valence-corrected chi connectivity index (χ0v) is 12.3. The molecule has 0 saturated carbocycles. The first kappa shape index (κ1) is 15.4. The zero-order valence-electron chi connectivity index (χ0n) is 12.3. The van der Waals surface area contributed by atoms with Gasteiger partial charge in [0.2, 0.25) is 0 Å². The first-order valence-electron chi connectivity index (χ1n) is 6.55. The first-order valence-corrected chi connectivity index (χ1v) is 6.55. The van der Waals surface area contributed by atoms with Gasteiger partial charge in [0.25, 0.3) is 0 Å². The summed E-state index contributed by atoms with van der Waals surface area (Å²) in [6.45, 7) is 0. The Labute approximate surface area is 128 Å². The van der Waals surface area contributed by atoms with Crippen LogP contribution in [0, 0.1) is 0 Å². The minimum absolute atomic E-state index is 0.380. The van der Waals surface area contributed by atoms with E-state index in [0.29, 0.717) is 16.8 Å². The van der Waals surface area contributed by atoms with Crippen LogP contribution in [0.15, 0.2) is 53.5 Å². The van der Waals surface area contributed by atoms with Crippen molar-refractivity contribution in [3.05, 3.63) is 65.2 Å². The molecule has 0 saturated heterocycles. The molecule has 0 aliphatic rings. The largest absolute Gasteiger partial charge is 0.465 e. The molecule has 0 unspecified atom stereocenters. The summed E-state index contributed by atoms with van der Waals surface area (Å²) in [7, 11) is 2.67. The molecular formula is C17H15NO4. The predicted molar refractivity (Wildman–Crippen MR) is 82.8 cm³/mol. The molecule has 2 rings (SSSR count). The van der Waals surface area contributed by atoms with Crippen molar-refractivity contribution in [3.63, 3.8) is 0 Å². The van der Waals surface area contributed by atoms with Gasteiger partial charge in [-0.15, -0.1) is 0 Å². The fraction of sp³-hybridized carbons (Fsp3) is 0.118. The molecule has 0 atom stereocenters. The highest BCUT2D eigenvalue weighted by atomic mass is 16.5. The molecule has 0 N–H and O–H groups in total. The first-order chi connectivity index (χ1) is 10.6. The van der Waals surface area contributed by atoms with E-state index in [-0.39, 0.29) is 5.97 Å². The molecule has 0 aromatic heterocycles. The summed E-state index contributed by atoms with van der Waals surface area (Å²) in [6.07, 6.45) is 1.65. The van der Waals surface area contributed by atoms with E-state index in [4.69, 9.17) is 0 Å². The summed E-state index contributed by atoms with van der Waals surface area (Å²) < 4.78 is 9.30. The third-order valence-electron chi connectivity index (χ3n) is 2.96. The highest BCUT2D eigenvalue weighted by Crippen LogP contribution is 2.15. The van der Waals surface area contributed by atoms with Gasteiger partial charge in [-0.2, -0.15) is 0 Å². The van der Waals surface area contributed by atoms with Gasteiger partial charge in [-0.3, -0.25) is 4.99 Å². The van der Waals surface area contributed by atoms with Gasteiger partial charge in [0.1, 0.15) is 0 Å². The van der Waals surface area contributed by atoms with E-state index in [9.17, 15) is 9.59 Å². The number of hydrogen-bond donors (Lipinski definition) is 0. The average molecular weight is 297 g/mol. The van der Waals surface area contributed by atoms with Crippen LogP contribution in [0.25, 0.3) is 0 Å². The normalized spacial score (nSPS) is 10.5. The molecule has 0 heterocycles. The number of carbonyl (C=O) groups is 2. The topological polar surface area (TPSA) is 65.0 Å². The van der Waals surface area contributed by atoms with Gasteiger partial charge < -0.3 is 9.47 Å². The van der Waals surface area contributed by atoms with Crippen LogP contribution in [0.4, 0.5) is 5.69 Å². The lowest BCUT2D eigenvalue weighted by molar-refractivity contribution is 0.0592. The van der Waals surface area contributed by atoms with Gasteiger partial charge in [-0.25, -0.2) is 9.59 Å². The Morgan fingerprint density at radius 2 is 1.55 bits per heavy atom. The van der Waals surface area contributed by atoms with Crippen molar-refractivity contribution < 1.29 is 19.1 Å². The molecule has 22 heavy (non-hydrogen) atoms. The van der Waals surface area contributed by atoms with Crippen molar-refractivity contribution in [2.75, 3.05) is 14.2 Å². The summed E-state index contributed by atoms with van der Waals surface area (Å²) in [5, 5.41) is 0. The molecule has 0 amide bonds. The maximum absolute atomic E-state index is 11.5. The lowest BCUT2D eigenvalue weighted by Crippen LogP contribution is -2.00. The molecule has 0 spiro atoms. The summed E-state index contributed by atoms with van der Waals surface area (Å²) in [4.78, 5) is 27.1. The van der Waals surface area contributed by atoms with Crippen LogP contribution in [0.2, 0.25) is 0 Å².